The average molecular weight is 310 g/mol. The summed E-state index contributed by atoms with van der Waals surface area (Å²) in [4.78, 5) is 28.0. The fourth-order valence-electron chi connectivity index (χ4n) is 2.27. The van der Waals surface area contributed by atoms with E-state index in [0.29, 0.717) is 31.2 Å². The summed E-state index contributed by atoms with van der Waals surface area (Å²) in [5, 5.41) is 12.0. The normalized spacial score (nSPS) is 11.6. The van der Waals surface area contributed by atoms with Gasteiger partial charge in [0.05, 0.1) is 17.1 Å². The number of benzene rings is 1. The predicted octanol–water partition coefficient (Wildman–Crippen LogP) is 1.90. The molecule has 1 aromatic heterocycles. The molecule has 23 heavy (non-hydrogen) atoms. The molecule has 0 aliphatic carbocycles. The van der Waals surface area contributed by atoms with Gasteiger partial charge in [0.1, 0.15) is 6.04 Å². The third kappa shape index (κ3) is 4.51. The van der Waals surface area contributed by atoms with Crippen molar-refractivity contribution >= 4 is 22.7 Å². The summed E-state index contributed by atoms with van der Waals surface area (Å²) < 4.78 is 0. The largest absolute Gasteiger partial charge is 0.368 e. The Kier molecular flexibility index (Phi) is 5.64. The molecule has 2 amide bonds. The summed E-state index contributed by atoms with van der Waals surface area (Å²) in [5.41, 5.74) is 6.51. The second kappa shape index (κ2) is 7.90. The van der Waals surface area contributed by atoms with Gasteiger partial charge < -0.3 is 11.1 Å². The van der Waals surface area contributed by atoms with Gasteiger partial charge in [-0.15, -0.1) is 0 Å². The summed E-state index contributed by atoms with van der Waals surface area (Å²) in [7, 11) is 0. The third-order valence-electron chi connectivity index (χ3n) is 3.53. The molecule has 1 aromatic carbocycles. The van der Waals surface area contributed by atoms with Gasteiger partial charge in [-0.25, -0.2) is 0 Å². The molecule has 0 unspecified atom stereocenters. The number of nitrogens with two attached hydrogens (primary N) is 1. The Hall–Kier alpha value is -2.94. The number of amides is 2. The number of primary amides is 1. The zero-order chi connectivity index (χ0) is 16.7. The lowest BCUT2D eigenvalue weighted by atomic mass is 10.1. The number of fused-ring (bicyclic) bond motifs is 1. The maximum Gasteiger partial charge on any atom is 0.253 e. The van der Waals surface area contributed by atoms with Gasteiger partial charge in [0.15, 0.2) is 0 Å². The van der Waals surface area contributed by atoms with Crippen LogP contribution in [-0.2, 0) is 4.79 Å². The van der Waals surface area contributed by atoms with Gasteiger partial charge in [0.25, 0.3) is 5.91 Å². The van der Waals surface area contributed by atoms with E-state index in [4.69, 9.17) is 11.0 Å². The van der Waals surface area contributed by atoms with Gasteiger partial charge in [-0.05, 0) is 31.4 Å². The van der Waals surface area contributed by atoms with Crippen molar-refractivity contribution in [2.24, 2.45) is 5.73 Å². The van der Waals surface area contributed by atoms with Gasteiger partial charge in [-0.3, -0.25) is 14.6 Å². The molecule has 0 aliphatic rings. The highest BCUT2D eigenvalue weighted by Crippen LogP contribution is 2.13. The van der Waals surface area contributed by atoms with Crippen LogP contribution in [0.1, 0.15) is 36.0 Å². The maximum absolute atomic E-state index is 12.3. The van der Waals surface area contributed by atoms with Crippen LogP contribution >= 0.6 is 0 Å². The number of unbranched alkanes of at least 4 members (excludes halogenated alkanes) is 2. The lowest BCUT2D eigenvalue weighted by Crippen LogP contribution is -2.44. The molecule has 0 radical (unpaired) electrons. The molecule has 0 bridgehead atoms. The number of nitriles is 1. The van der Waals surface area contributed by atoms with Gasteiger partial charge >= 0.3 is 0 Å². The highest BCUT2D eigenvalue weighted by atomic mass is 16.2. The van der Waals surface area contributed by atoms with Crippen molar-refractivity contribution in [1.29, 1.82) is 5.26 Å². The number of aromatic nitrogens is 1. The number of hydrogen-bond acceptors (Lipinski definition) is 4. The first-order valence-corrected chi connectivity index (χ1v) is 7.43. The minimum absolute atomic E-state index is 0.381. The monoisotopic (exact) mass is 310 g/mol. The van der Waals surface area contributed by atoms with Crippen LogP contribution in [0.2, 0.25) is 0 Å². The number of nitrogens with zero attached hydrogens (tertiary/aromatic N) is 2. The van der Waals surface area contributed by atoms with Crippen molar-refractivity contribution in [2.45, 2.75) is 31.7 Å². The summed E-state index contributed by atoms with van der Waals surface area (Å²) in [5.74, 6) is -0.962. The summed E-state index contributed by atoms with van der Waals surface area (Å²) >= 11 is 0. The summed E-state index contributed by atoms with van der Waals surface area (Å²) in [6.07, 6.45) is 3.65. The smallest absolute Gasteiger partial charge is 0.253 e. The molecule has 0 fully saturated rings. The van der Waals surface area contributed by atoms with E-state index in [0.717, 1.165) is 10.9 Å². The van der Waals surface area contributed by atoms with E-state index < -0.39 is 11.9 Å². The fraction of sp³-hybridized carbons (Fsp3) is 0.294. The van der Waals surface area contributed by atoms with Crippen molar-refractivity contribution in [1.82, 2.24) is 10.3 Å². The molecule has 2 aromatic rings. The van der Waals surface area contributed by atoms with Gasteiger partial charge in [-0.2, -0.15) is 5.26 Å². The third-order valence-corrected chi connectivity index (χ3v) is 3.53. The van der Waals surface area contributed by atoms with Gasteiger partial charge in [-0.1, -0.05) is 18.2 Å². The number of carbonyl (C=O) groups excluding carboxylic acids is 2. The van der Waals surface area contributed by atoms with Crippen LogP contribution in [-0.4, -0.2) is 22.8 Å². The molecule has 0 saturated heterocycles. The molecule has 0 saturated carbocycles. The zero-order valence-corrected chi connectivity index (χ0v) is 12.7. The second-order valence-corrected chi connectivity index (χ2v) is 5.25. The molecule has 0 spiro atoms. The Bertz CT molecular complexity index is 752. The first-order valence-electron chi connectivity index (χ1n) is 7.43. The Morgan fingerprint density at radius 3 is 2.83 bits per heavy atom. The molecule has 0 aliphatic heterocycles. The lowest BCUT2D eigenvalue weighted by Gasteiger charge is -2.15. The number of carbonyl (C=O) groups is 2. The van der Waals surface area contributed by atoms with Crippen molar-refractivity contribution in [3.8, 4) is 6.07 Å². The van der Waals surface area contributed by atoms with E-state index in [1.807, 2.05) is 30.3 Å². The molecule has 2 rings (SSSR count). The number of nitrogens with one attached hydrogen (secondary N) is 1. The topological polar surface area (TPSA) is 109 Å². The number of rotatable bonds is 7. The molecule has 6 nitrogen and oxygen atoms in total. The number of pyridine rings is 1. The van der Waals surface area contributed by atoms with Crippen LogP contribution < -0.4 is 11.1 Å². The molecule has 1 heterocycles. The second-order valence-electron chi connectivity index (χ2n) is 5.25. The van der Waals surface area contributed by atoms with Crippen LogP contribution in [0.5, 0.6) is 0 Å². The van der Waals surface area contributed by atoms with E-state index in [1.54, 1.807) is 6.07 Å². The minimum Gasteiger partial charge on any atom is -0.368 e. The van der Waals surface area contributed by atoms with Crippen molar-refractivity contribution < 1.29 is 9.59 Å². The Balaban J connectivity index is 2.04. The Morgan fingerprint density at radius 2 is 2.09 bits per heavy atom. The van der Waals surface area contributed by atoms with E-state index in [9.17, 15) is 9.59 Å². The number of hydrogen-bond donors (Lipinski definition) is 2. The maximum atomic E-state index is 12.3. The van der Waals surface area contributed by atoms with Gasteiger partial charge in [0.2, 0.25) is 5.91 Å². The minimum atomic E-state index is -0.743. The highest BCUT2D eigenvalue weighted by Gasteiger charge is 2.18. The molecule has 3 N–H and O–H groups in total. The summed E-state index contributed by atoms with van der Waals surface area (Å²) in [6.45, 7) is 0. The standard InChI is InChI=1S/C17H18N4O2/c18-9-5-1-2-8-15(16(19)22)21-17(23)13-10-12-6-3-4-7-14(12)20-11-13/h3-4,6-7,10-11,15H,1-2,5,8H2,(H2,19,22)(H,21,23)/t15-/m1/s1. The van der Waals surface area contributed by atoms with E-state index in [1.165, 1.54) is 6.20 Å². The lowest BCUT2D eigenvalue weighted by molar-refractivity contribution is -0.120. The highest BCUT2D eigenvalue weighted by molar-refractivity contribution is 5.99. The van der Waals surface area contributed by atoms with Crippen molar-refractivity contribution in [3.63, 3.8) is 0 Å². The Labute approximate surface area is 134 Å². The fourth-order valence-corrected chi connectivity index (χ4v) is 2.27. The Morgan fingerprint density at radius 1 is 1.30 bits per heavy atom. The molecule has 6 heteroatoms. The van der Waals surface area contributed by atoms with Crippen LogP contribution in [0.4, 0.5) is 0 Å². The summed E-state index contributed by atoms with van der Waals surface area (Å²) in [6, 6.07) is 10.5. The first kappa shape index (κ1) is 16.4. The van der Waals surface area contributed by atoms with E-state index in [-0.39, 0.29) is 5.91 Å². The van der Waals surface area contributed by atoms with Crippen LogP contribution in [0.15, 0.2) is 36.5 Å². The van der Waals surface area contributed by atoms with Crippen molar-refractivity contribution in [3.05, 3.63) is 42.1 Å². The van der Waals surface area contributed by atoms with Crippen LogP contribution in [0, 0.1) is 11.3 Å². The van der Waals surface area contributed by atoms with Gasteiger partial charge in [0, 0.05) is 18.0 Å². The SMILES string of the molecule is N#CCCCC[C@@H](NC(=O)c1cnc2ccccc2c1)C(N)=O. The average Bonchev–Trinajstić information content (AvgIpc) is 2.56. The molecule has 118 valence electrons. The van der Waals surface area contributed by atoms with E-state index >= 15 is 0 Å². The zero-order valence-electron chi connectivity index (χ0n) is 12.7. The molecule has 1 atom stereocenters. The first-order chi connectivity index (χ1) is 11.1. The predicted molar refractivity (Wildman–Crippen MR) is 86.3 cm³/mol. The molecular formula is C17H18N4O2. The van der Waals surface area contributed by atoms with Crippen LogP contribution in [0.3, 0.4) is 0 Å². The molecular weight excluding hydrogens is 292 g/mol. The van der Waals surface area contributed by atoms with Crippen LogP contribution in [0.25, 0.3) is 10.9 Å². The number of para-hydroxylation sites is 1. The van der Waals surface area contributed by atoms with Crippen molar-refractivity contribution in [2.75, 3.05) is 0 Å². The van der Waals surface area contributed by atoms with E-state index in [2.05, 4.69) is 10.3 Å². The quantitative estimate of drug-likeness (QED) is 0.761.